The van der Waals surface area contributed by atoms with Crippen molar-refractivity contribution in [3.63, 3.8) is 0 Å². The van der Waals surface area contributed by atoms with E-state index in [1.54, 1.807) is 7.11 Å². The van der Waals surface area contributed by atoms with Gasteiger partial charge in [0.1, 0.15) is 0 Å². The number of hydrogen-bond acceptors (Lipinski definition) is 3. The molecule has 0 aromatic heterocycles. The zero-order chi connectivity index (χ0) is 15.8. The van der Waals surface area contributed by atoms with Gasteiger partial charge >= 0.3 is 0 Å². The summed E-state index contributed by atoms with van der Waals surface area (Å²) in [5.41, 5.74) is 3.81. The van der Waals surface area contributed by atoms with Gasteiger partial charge in [-0.15, -0.1) is 0 Å². The molecule has 2 bridgehead atoms. The number of phenols is 1. The molecule has 0 radical (unpaired) electrons. The number of nitrogens with zero attached hydrogens (tertiary/aromatic N) is 1. The van der Waals surface area contributed by atoms with Crippen LogP contribution in [0.2, 0.25) is 0 Å². The molecular weight excluding hydrogens is 286 g/mol. The van der Waals surface area contributed by atoms with Crippen LogP contribution in [0.25, 0.3) is 0 Å². The number of likely N-dealkylation sites (tertiary alicyclic amines) is 1. The minimum Gasteiger partial charge on any atom is -0.504 e. The summed E-state index contributed by atoms with van der Waals surface area (Å²) >= 11 is 0. The van der Waals surface area contributed by atoms with Gasteiger partial charge in [-0.25, -0.2) is 0 Å². The van der Waals surface area contributed by atoms with E-state index in [4.69, 9.17) is 4.74 Å². The number of benzene rings is 2. The largest absolute Gasteiger partial charge is 0.504 e. The van der Waals surface area contributed by atoms with Crippen LogP contribution in [-0.4, -0.2) is 30.2 Å². The Morgan fingerprint density at radius 2 is 1.96 bits per heavy atom. The summed E-state index contributed by atoms with van der Waals surface area (Å²) in [6.07, 6.45) is 2.20. The van der Waals surface area contributed by atoms with Gasteiger partial charge in [0.05, 0.1) is 7.11 Å². The van der Waals surface area contributed by atoms with Gasteiger partial charge in [-0.05, 0) is 41.9 Å². The fourth-order valence-corrected chi connectivity index (χ4v) is 4.33. The maximum atomic E-state index is 10.5. The van der Waals surface area contributed by atoms with Gasteiger partial charge in [-0.3, -0.25) is 4.90 Å². The number of rotatable bonds is 3. The second-order valence-corrected chi connectivity index (χ2v) is 6.87. The fraction of sp³-hybridized carbons (Fsp3) is 0.400. The third kappa shape index (κ3) is 2.70. The molecule has 2 aromatic carbocycles. The van der Waals surface area contributed by atoms with Crippen molar-refractivity contribution in [2.45, 2.75) is 25.3 Å². The molecule has 1 N–H and O–H groups in total. The molecule has 4 rings (SSSR count). The summed E-state index contributed by atoms with van der Waals surface area (Å²) < 4.78 is 5.27. The number of methoxy groups -OCH3 is 1. The average Bonchev–Trinajstić information content (AvgIpc) is 2.57. The first-order valence-corrected chi connectivity index (χ1v) is 8.39. The summed E-state index contributed by atoms with van der Waals surface area (Å²) in [5.74, 6) is 2.11. The predicted molar refractivity (Wildman–Crippen MR) is 90.9 cm³/mol. The van der Waals surface area contributed by atoms with Crippen molar-refractivity contribution in [1.29, 1.82) is 0 Å². The Kier molecular flexibility index (Phi) is 3.74. The molecule has 2 atom stereocenters. The molecule has 1 aliphatic carbocycles. The quantitative estimate of drug-likeness (QED) is 0.941. The maximum Gasteiger partial charge on any atom is 0.161 e. The lowest BCUT2D eigenvalue weighted by Crippen LogP contribution is -2.42. The standard InChI is InChI=1S/C20H23NO2/c1-23-19-8-7-17-16-9-15(10-18(17)20(19)22)12-21(13-16)11-14-5-3-2-4-6-14/h2-8,15-16,22H,9-13H2,1H3. The molecule has 2 aliphatic rings. The van der Waals surface area contributed by atoms with Crippen LogP contribution >= 0.6 is 0 Å². The number of ether oxygens (including phenoxy) is 1. The third-order valence-corrected chi connectivity index (χ3v) is 5.30. The third-order valence-electron chi connectivity index (χ3n) is 5.30. The maximum absolute atomic E-state index is 10.5. The minimum atomic E-state index is 0.358. The first-order valence-electron chi connectivity index (χ1n) is 8.39. The molecule has 3 nitrogen and oxygen atoms in total. The van der Waals surface area contributed by atoms with Crippen LogP contribution in [0.1, 0.15) is 29.0 Å². The van der Waals surface area contributed by atoms with Crippen LogP contribution in [0.4, 0.5) is 0 Å². The molecule has 120 valence electrons. The average molecular weight is 309 g/mol. The highest BCUT2D eigenvalue weighted by molar-refractivity contribution is 5.52. The highest BCUT2D eigenvalue weighted by Gasteiger charge is 2.35. The second-order valence-electron chi connectivity index (χ2n) is 6.87. The van der Waals surface area contributed by atoms with Gasteiger partial charge in [0.15, 0.2) is 11.5 Å². The highest BCUT2D eigenvalue weighted by atomic mass is 16.5. The van der Waals surface area contributed by atoms with Crippen LogP contribution in [0.15, 0.2) is 42.5 Å². The van der Waals surface area contributed by atoms with Crippen molar-refractivity contribution in [3.8, 4) is 11.5 Å². The van der Waals surface area contributed by atoms with Crippen molar-refractivity contribution in [2.24, 2.45) is 5.92 Å². The lowest BCUT2D eigenvalue weighted by Gasteiger charge is -2.42. The summed E-state index contributed by atoms with van der Waals surface area (Å²) in [6, 6.07) is 14.8. The van der Waals surface area contributed by atoms with Gasteiger partial charge < -0.3 is 9.84 Å². The lowest BCUT2D eigenvalue weighted by molar-refractivity contribution is 0.137. The van der Waals surface area contributed by atoms with E-state index in [-0.39, 0.29) is 0 Å². The lowest BCUT2D eigenvalue weighted by atomic mass is 9.73. The van der Waals surface area contributed by atoms with E-state index in [1.165, 1.54) is 17.5 Å². The molecule has 1 saturated heterocycles. The summed E-state index contributed by atoms with van der Waals surface area (Å²) in [5, 5.41) is 10.5. The van der Waals surface area contributed by atoms with Crippen molar-refractivity contribution in [1.82, 2.24) is 4.90 Å². The molecule has 0 saturated carbocycles. The Hall–Kier alpha value is -2.00. The zero-order valence-electron chi connectivity index (χ0n) is 13.5. The van der Waals surface area contributed by atoms with E-state index < -0.39 is 0 Å². The molecule has 2 aromatic rings. The number of phenolic OH excluding ortho intramolecular Hbond substituents is 1. The van der Waals surface area contributed by atoms with Crippen LogP contribution in [-0.2, 0) is 13.0 Å². The Bertz CT molecular complexity index is 698. The van der Waals surface area contributed by atoms with Gasteiger partial charge in [0.25, 0.3) is 0 Å². The number of aromatic hydroxyl groups is 1. The Morgan fingerprint density at radius 1 is 1.13 bits per heavy atom. The number of piperidine rings is 1. The Morgan fingerprint density at radius 3 is 2.74 bits per heavy atom. The molecule has 1 aliphatic heterocycles. The van der Waals surface area contributed by atoms with Gasteiger partial charge in [-0.1, -0.05) is 36.4 Å². The van der Waals surface area contributed by atoms with Crippen molar-refractivity contribution < 1.29 is 9.84 Å². The van der Waals surface area contributed by atoms with Gasteiger partial charge in [0.2, 0.25) is 0 Å². The van der Waals surface area contributed by atoms with E-state index in [9.17, 15) is 5.11 Å². The smallest absolute Gasteiger partial charge is 0.161 e. The first kappa shape index (κ1) is 14.6. The fourth-order valence-electron chi connectivity index (χ4n) is 4.33. The normalized spacial score (nSPS) is 23.3. The van der Waals surface area contributed by atoms with Crippen LogP contribution in [0.3, 0.4) is 0 Å². The molecule has 1 heterocycles. The van der Waals surface area contributed by atoms with E-state index in [0.29, 0.717) is 23.3 Å². The van der Waals surface area contributed by atoms with E-state index >= 15 is 0 Å². The molecular formula is C20H23NO2. The molecule has 0 spiro atoms. The minimum absolute atomic E-state index is 0.358. The molecule has 23 heavy (non-hydrogen) atoms. The SMILES string of the molecule is COc1ccc2c(c1O)CC1CC2CN(Cc2ccccc2)C1. The van der Waals surface area contributed by atoms with Crippen LogP contribution in [0, 0.1) is 5.92 Å². The monoisotopic (exact) mass is 309 g/mol. The summed E-state index contributed by atoms with van der Waals surface area (Å²) in [7, 11) is 1.62. The topological polar surface area (TPSA) is 32.7 Å². The van der Waals surface area contributed by atoms with Crippen molar-refractivity contribution in [2.75, 3.05) is 20.2 Å². The zero-order valence-corrected chi connectivity index (χ0v) is 13.5. The van der Waals surface area contributed by atoms with Crippen molar-refractivity contribution in [3.05, 3.63) is 59.2 Å². The molecule has 1 fully saturated rings. The highest BCUT2D eigenvalue weighted by Crippen LogP contribution is 2.45. The Labute approximate surface area is 137 Å². The first-order chi connectivity index (χ1) is 11.2. The molecule has 3 heteroatoms. The van der Waals surface area contributed by atoms with Gasteiger partial charge in [0, 0.05) is 25.2 Å². The van der Waals surface area contributed by atoms with E-state index in [2.05, 4.69) is 41.3 Å². The van der Waals surface area contributed by atoms with E-state index in [1.807, 2.05) is 6.07 Å². The molecule has 0 amide bonds. The number of fused-ring (bicyclic) bond motifs is 4. The summed E-state index contributed by atoms with van der Waals surface area (Å²) in [6.45, 7) is 3.21. The van der Waals surface area contributed by atoms with Crippen molar-refractivity contribution >= 4 is 0 Å². The number of hydrogen-bond donors (Lipinski definition) is 1. The summed E-state index contributed by atoms with van der Waals surface area (Å²) in [4.78, 5) is 2.57. The molecule has 2 unspecified atom stereocenters. The van der Waals surface area contributed by atoms with Crippen LogP contribution in [0.5, 0.6) is 11.5 Å². The predicted octanol–water partition coefficient (Wildman–Crippen LogP) is 3.56. The van der Waals surface area contributed by atoms with E-state index in [0.717, 1.165) is 31.6 Å². The second kappa shape index (κ2) is 5.89. The van der Waals surface area contributed by atoms with Gasteiger partial charge in [-0.2, -0.15) is 0 Å². The Balaban J connectivity index is 1.58. The van der Waals surface area contributed by atoms with Crippen LogP contribution < -0.4 is 4.74 Å².